The van der Waals surface area contributed by atoms with Gasteiger partial charge in [-0.2, -0.15) is 4.98 Å². The van der Waals surface area contributed by atoms with Gasteiger partial charge in [-0.15, -0.1) is 0 Å². The van der Waals surface area contributed by atoms with E-state index >= 15 is 0 Å². The molecule has 3 aromatic carbocycles. The second-order valence-corrected chi connectivity index (χ2v) is 6.84. The van der Waals surface area contributed by atoms with Gasteiger partial charge in [0.25, 0.3) is 0 Å². The Hall–Kier alpha value is -3.86. The molecule has 1 N–H and O–H groups in total. The second-order valence-electron chi connectivity index (χ2n) is 6.84. The number of aliphatic carboxylic acids is 1. The Kier molecular flexibility index (Phi) is 5.90. The molecule has 30 heavy (non-hydrogen) atoms. The summed E-state index contributed by atoms with van der Waals surface area (Å²) in [4.78, 5) is 15.7. The molecule has 0 aliphatic carbocycles. The number of hydrogen-bond donors (Lipinski definition) is 1. The van der Waals surface area contributed by atoms with Gasteiger partial charge in [-0.05, 0) is 18.6 Å². The number of imidazole rings is 1. The number of hydrogen-bond acceptors (Lipinski definition) is 3. The van der Waals surface area contributed by atoms with Gasteiger partial charge in [0.15, 0.2) is 0 Å². The molecule has 0 saturated heterocycles. The number of carboxylic acid groups (broad SMARTS) is 1. The molecule has 0 aliphatic heterocycles. The molecule has 5 nitrogen and oxygen atoms in total. The summed E-state index contributed by atoms with van der Waals surface area (Å²) in [5.74, 6) is -0.833. The Morgan fingerprint density at radius 2 is 1.40 bits per heavy atom. The number of benzene rings is 3. The third-order valence-corrected chi connectivity index (χ3v) is 4.72. The molecule has 0 bridgehead atoms. The molecule has 0 unspecified atom stereocenters. The first-order valence-corrected chi connectivity index (χ1v) is 9.87. The molecule has 0 amide bonds. The van der Waals surface area contributed by atoms with Gasteiger partial charge < -0.3 is 9.84 Å². The highest BCUT2D eigenvalue weighted by Crippen LogP contribution is 2.37. The Morgan fingerprint density at radius 3 is 2.00 bits per heavy atom. The maximum atomic E-state index is 10.9. The van der Waals surface area contributed by atoms with Gasteiger partial charge >= 0.3 is 12.0 Å². The maximum absolute atomic E-state index is 10.9. The fraction of sp³-hybridized carbons (Fsp3) is 0.120. The van der Waals surface area contributed by atoms with Gasteiger partial charge in [0.2, 0.25) is 0 Å². The number of carboxylic acids is 1. The molecule has 0 fully saturated rings. The standard InChI is InChI=1S/C25H22N2O3/c28-22(29)17-10-18-30-25-26-23(19-11-4-1-5-12-19)24(20-13-6-2-7-14-20)27(25)21-15-8-3-9-16-21/h1-9,11-16H,10,17-18H2,(H,28,29). The fourth-order valence-electron chi connectivity index (χ4n) is 3.36. The van der Waals surface area contributed by atoms with Crippen LogP contribution < -0.4 is 4.74 Å². The van der Waals surface area contributed by atoms with Crippen LogP contribution in [0.15, 0.2) is 91.0 Å². The number of aromatic nitrogens is 2. The summed E-state index contributed by atoms with van der Waals surface area (Å²) < 4.78 is 7.99. The van der Waals surface area contributed by atoms with Crippen molar-refractivity contribution in [2.24, 2.45) is 0 Å². The molecule has 4 aromatic rings. The van der Waals surface area contributed by atoms with Crippen molar-refractivity contribution in [1.29, 1.82) is 0 Å². The van der Waals surface area contributed by atoms with Crippen molar-refractivity contribution in [2.45, 2.75) is 12.8 Å². The fourth-order valence-corrected chi connectivity index (χ4v) is 3.36. The van der Waals surface area contributed by atoms with Crippen molar-refractivity contribution >= 4 is 5.97 Å². The van der Waals surface area contributed by atoms with Crippen molar-refractivity contribution in [2.75, 3.05) is 6.61 Å². The van der Waals surface area contributed by atoms with Crippen molar-refractivity contribution in [1.82, 2.24) is 9.55 Å². The lowest BCUT2D eigenvalue weighted by Gasteiger charge is -2.13. The third-order valence-electron chi connectivity index (χ3n) is 4.72. The first-order valence-electron chi connectivity index (χ1n) is 9.87. The van der Waals surface area contributed by atoms with E-state index in [0.29, 0.717) is 12.4 Å². The Balaban J connectivity index is 1.87. The van der Waals surface area contributed by atoms with Crippen LogP contribution in [0.5, 0.6) is 6.01 Å². The number of para-hydroxylation sites is 1. The molecule has 0 radical (unpaired) electrons. The van der Waals surface area contributed by atoms with E-state index in [-0.39, 0.29) is 13.0 Å². The molecule has 150 valence electrons. The Morgan fingerprint density at radius 1 is 0.833 bits per heavy atom. The first-order chi connectivity index (χ1) is 14.7. The van der Waals surface area contributed by atoms with Gasteiger partial charge in [0, 0.05) is 17.5 Å². The average Bonchev–Trinajstić information content (AvgIpc) is 3.18. The van der Waals surface area contributed by atoms with Crippen LogP contribution in [0.3, 0.4) is 0 Å². The van der Waals surface area contributed by atoms with E-state index in [0.717, 1.165) is 28.2 Å². The van der Waals surface area contributed by atoms with E-state index in [2.05, 4.69) is 12.1 Å². The minimum atomic E-state index is -0.833. The van der Waals surface area contributed by atoms with E-state index in [1.165, 1.54) is 0 Å². The Bertz CT molecular complexity index is 1110. The molecule has 0 spiro atoms. The second kappa shape index (κ2) is 9.09. The highest BCUT2D eigenvalue weighted by atomic mass is 16.5. The van der Waals surface area contributed by atoms with Crippen molar-refractivity contribution < 1.29 is 14.6 Å². The predicted molar refractivity (Wildman–Crippen MR) is 117 cm³/mol. The van der Waals surface area contributed by atoms with E-state index in [1.807, 2.05) is 83.4 Å². The minimum Gasteiger partial charge on any atom is -0.481 e. The van der Waals surface area contributed by atoms with Crippen molar-refractivity contribution in [3.05, 3.63) is 91.0 Å². The molecule has 1 aromatic heterocycles. The normalized spacial score (nSPS) is 10.7. The molecule has 0 saturated carbocycles. The lowest BCUT2D eigenvalue weighted by Crippen LogP contribution is -2.07. The number of rotatable bonds is 8. The quantitative estimate of drug-likeness (QED) is 0.401. The first kappa shape index (κ1) is 19.5. The van der Waals surface area contributed by atoms with Gasteiger partial charge in [0.05, 0.1) is 18.0 Å². The van der Waals surface area contributed by atoms with Crippen LogP contribution in [0, 0.1) is 0 Å². The molecule has 5 heteroatoms. The van der Waals surface area contributed by atoms with Gasteiger partial charge in [-0.3, -0.25) is 9.36 Å². The zero-order chi connectivity index (χ0) is 20.8. The summed E-state index contributed by atoms with van der Waals surface area (Å²) in [6.45, 7) is 0.276. The monoisotopic (exact) mass is 398 g/mol. The van der Waals surface area contributed by atoms with Crippen LogP contribution in [-0.2, 0) is 4.79 Å². The van der Waals surface area contributed by atoms with Crippen molar-refractivity contribution in [3.63, 3.8) is 0 Å². The Labute approximate surface area is 175 Å². The van der Waals surface area contributed by atoms with E-state index in [1.54, 1.807) is 0 Å². The summed E-state index contributed by atoms with van der Waals surface area (Å²) in [5.41, 5.74) is 4.69. The molecule has 0 aliphatic rings. The summed E-state index contributed by atoms with van der Waals surface area (Å²) in [6, 6.07) is 30.5. The summed E-state index contributed by atoms with van der Waals surface area (Å²) in [5, 5.41) is 8.91. The summed E-state index contributed by atoms with van der Waals surface area (Å²) in [6.07, 6.45) is 0.474. The molecular weight excluding hydrogens is 376 g/mol. The van der Waals surface area contributed by atoms with Crippen LogP contribution in [-0.4, -0.2) is 27.2 Å². The van der Waals surface area contributed by atoms with Crippen molar-refractivity contribution in [3.8, 4) is 34.2 Å². The van der Waals surface area contributed by atoms with Crippen LogP contribution in [0.4, 0.5) is 0 Å². The van der Waals surface area contributed by atoms with E-state index in [4.69, 9.17) is 14.8 Å². The van der Waals surface area contributed by atoms with Crippen LogP contribution in [0.1, 0.15) is 12.8 Å². The summed E-state index contributed by atoms with van der Waals surface area (Å²) >= 11 is 0. The SMILES string of the molecule is O=C(O)CCCOc1nc(-c2ccccc2)c(-c2ccccc2)n1-c1ccccc1. The molecular formula is C25H22N2O3. The van der Waals surface area contributed by atoms with Gasteiger partial charge in [-0.1, -0.05) is 78.9 Å². The average molecular weight is 398 g/mol. The van der Waals surface area contributed by atoms with Gasteiger partial charge in [-0.25, -0.2) is 0 Å². The topological polar surface area (TPSA) is 64.3 Å². The molecule has 1 heterocycles. The lowest BCUT2D eigenvalue weighted by atomic mass is 10.0. The zero-order valence-corrected chi connectivity index (χ0v) is 16.4. The smallest absolute Gasteiger partial charge is 0.303 e. The third kappa shape index (κ3) is 4.25. The summed E-state index contributed by atoms with van der Waals surface area (Å²) in [7, 11) is 0. The number of carbonyl (C=O) groups is 1. The zero-order valence-electron chi connectivity index (χ0n) is 16.4. The lowest BCUT2D eigenvalue weighted by molar-refractivity contribution is -0.137. The molecule has 0 atom stereocenters. The number of nitrogens with zero attached hydrogens (tertiary/aromatic N) is 2. The molecule has 4 rings (SSSR count). The minimum absolute atomic E-state index is 0.0587. The van der Waals surface area contributed by atoms with Gasteiger partial charge in [0.1, 0.15) is 5.69 Å². The van der Waals surface area contributed by atoms with E-state index in [9.17, 15) is 4.79 Å². The predicted octanol–water partition coefficient (Wildman–Crippen LogP) is 5.45. The number of ether oxygens (including phenoxy) is 1. The van der Waals surface area contributed by atoms with E-state index < -0.39 is 5.97 Å². The van der Waals surface area contributed by atoms with Crippen LogP contribution in [0.2, 0.25) is 0 Å². The highest BCUT2D eigenvalue weighted by molar-refractivity contribution is 5.81. The highest BCUT2D eigenvalue weighted by Gasteiger charge is 2.22. The maximum Gasteiger partial charge on any atom is 0.303 e. The van der Waals surface area contributed by atoms with Crippen LogP contribution in [0.25, 0.3) is 28.2 Å². The van der Waals surface area contributed by atoms with Crippen LogP contribution >= 0.6 is 0 Å². The largest absolute Gasteiger partial charge is 0.481 e.